The zero-order valence-electron chi connectivity index (χ0n) is 8.99. The van der Waals surface area contributed by atoms with Gasteiger partial charge in [-0.25, -0.2) is 0 Å². The summed E-state index contributed by atoms with van der Waals surface area (Å²) in [5, 5.41) is 10.7. The molecule has 0 fully saturated rings. The summed E-state index contributed by atoms with van der Waals surface area (Å²) in [5.74, 6) is 0. The minimum absolute atomic E-state index is 0.210. The number of rotatable bonds is 1. The quantitative estimate of drug-likeness (QED) is 0.520. The van der Waals surface area contributed by atoms with Crippen LogP contribution in [0.15, 0.2) is 12.1 Å². The lowest BCUT2D eigenvalue weighted by atomic mass is 9.95. The van der Waals surface area contributed by atoms with Gasteiger partial charge in [0.2, 0.25) is 0 Å². The van der Waals surface area contributed by atoms with Crippen LogP contribution in [-0.2, 0) is 13.0 Å². The monoisotopic (exact) mass is 206 g/mol. The van der Waals surface area contributed by atoms with Gasteiger partial charge in [-0.3, -0.25) is 10.1 Å². The van der Waals surface area contributed by atoms with E-state index in [2.05, 4.69) is 4.90 Å². The van der Waals surface area contributed by atoms with Gasteiger partial charge in [-0.05, 0) is 37.1 Å². The maximum absolute atomic E-state index is 10.7. The molecule has 0 aromatic heterocycles. The number of fused-ring (bicyclic) bond motifs is 1. The summed E-state index contributed by atoms with van der Waals surface area (Å²) < 4.78 is 0. The number of nitrogens with zero attached hydrogens (tertiary/aromatic N) is 2. The van der Waals surface area contributed by atoms with Crippen molar-refractivity contribution in [3.05, 3.63) is 38.9 Å². The molecule has 4 nitrogen and oxygen atoms in total. The Bertz CT molecular complexity index is 415. The molecule has 1 aromatic rings. The summed E-state index contributed by atoms with van der Waals surface area (Å²) in [6.07, 6.45) is 0.996. The summed E-state index contributed by atoms with van der Waals surface area (Å²) in [6, 6.07) is 3.38. The average molecular weight is 206 g/mol. The van der Waals surface area contributed by atoms with E-state index in [9.17, 15) is 10.1 Å². The number of likely N-dealkylation sites (N-methyl/N-ethyl adjacent to an activating group) is 1. The lowest BCUT2D eigenvalue weighted by Crippen LogP contribution is -2.27. The fourth-order valence-electron chi connectivity index (χ4n) is 2.15. The molecule has 0 bridgehead atoms. The molecule has 0 spiro atoms. The molecule has 0 unspecified atom stereocenters. The molecule has 15 heavy (non-hydrogen) atoms. The van der Waals surface area contributed by atoms with Crippen LogP contribution in [0.1, 0.15) is 16.7 Å². The molecule has 4 heteroatoms. The molecule has 1 heterocycles. The summed E-state index contributed by atoms with van der Waals surface area (Å²) in [6.45, 7) is 3.81. The third-order valence-electron chi connectivity index (χ3n) is 2.94. The highest BCUT2D eigenvalue weighted by Gasteiger charge is 2.19. The normalized spacial score (nSPS) is 16.1. The molecule has 0 N–H and O–H groups in total. The van der Waals surface area contributed by atoms with Gasteiger partial charge in [0, 0.05) is 25.2 Å². The van der Waals surface area contributed by atoms with Crippen molar-refractivity contribution in [1.29, 1.82) is 0 Å². The van der Waals surface area contributed by atoms with E-state index in [1.807, 2.05) is 14.0 Å². The van der Waals surface area contributed by atoms with Crippen molar-refractivity contribution >= 4 is 5.69 Å². The van der Waals surface area contributed by atoms with E-state index >= 15 is 0 Å². The van der Waals surface area contributed by atoms with Gasteiger partial charge in [0.1, 0.15) is 0 Å². The number of hydrogen-bond acceptors (Lipinski definition) is 3. The van der Waals surface area contributed by atoms with Crippen LogP contribution in [0, 0.1) is 17.0 Å². The second-order valence-corrected chi connectivity index (χ2v) is 4.15. The van der Waals surface area contributed by atoms with Crippen LogP contribution in [0.2, 0.25) is 0 Å². The minimum Gasteiger partial charge on any atom is -0.302 e. The number of nitro groups is 1. The van der Waals surface area contributed by atoms with Gasteiger partial charge in [0.25, 0.3) is 5.69 Å². The predicted octanol–water partition coefficient (Wildman–Crippen LogP) is 1.89. The maximum Gasteiger partial charge on any atom is 0.270 e. The standard InChI is InChI=1S/C11H14N2O2/c1-8-5-10(13(14)15)6-9-7-12(2)4-3-11(8)9/h5-6H,3-4,7H2,1-2H3. The first-order valence-electron chi connectivity index (χ1n) is 5.03. The largest absolute Gasteiger partial charge is 0.302 e. The van der Waals surface area contributed by atoms with Gasteiger partial charge in [-0.1, -0.05) is 0 Å². The van der Waals surface area contributed by atoms with Crippen LogP contribution < -0.4 is 0 Å². The van der Waals surface area contributed by atoms with Crippen LogP contribution in [0.5, 0.6) is 0 Å². The van der Waals surface area contributed by atoms with Crippen LogP contribution in [-0.4, -0.2) is 23.4 Å². The van der Waals surface area contributed by atoms with Crippen molar-refractivity contribution in [2.75, 3.05) is 13.6 Å². The first-order chi connectivity index (χ1) is 7.08. The van der Waals surface area contributed by atoms with Crippen molar-refractivity contribution in [2.45, 2.75) is 19.9 Å². The summed E-state index contributed by atoms with van der Waals surface area (Å²) >= 11 is 0. The van der Waals surface area contributed by atoms with Gasteiger partial charge in [0.15, 0.2) is 0 Å². The molecule has 1 aromatic carbocycles. The van der Waals surface area contributed by atoms with E-state index in [0.717, 1.165) is 30.6 Å². The van der Waals surface area contributed by atoms with E-state index in [1.165, 1.54) is 5.56 Å². The first kappa shape index (κ1) is 10.1. The molecular weight excluding hydrogens is 192 g/mol. The third kappa shape index (κ3) is 1.85. The van der Waals surface area contributed by atoms with Gasteiger partial charge < -0.3 is 4.90 Å². The Labute approximate surface area is 88.7 Å². The summed E-state index contributed by atoms with van der Waals surface area (Å²) in [7, 11) is 2.04. The number of hydrogen-bond donors (Lipinski definition) is 0. The second kappa shape index (κ2) is 3.62. The molecule has 0 aliphatic carbocycles. The summed E-state index contributed by atoms with van der Waals surface area (Å²) in [5.41, 5.74) is 3.66. The van der Waals surface area contributed by atoms with Crippen molar-refractivity contribution in [1.82, 2.24) is 4.90 Å². The predicted molar refractivity (Wildman–Crippen MR) is 57.9 cm³/mol. The Kier molecular flexibility index (Phi) is 2.44. The topological polar surface area (TPSA) is 46.4 Å². The van der Waals surface area contributed by atoms with Crippen LogP contribution in [0.4, 0.5) is 5.69 Å². The highest BCUT2D eigenvalue weighted by molar-refractivity contribution is 5.46. The fraction of sp³-hybridized carbons (Fsp3) is 0.455. The summed E-state index contributed by atoms with van der Waals surface area (Å²) in [4.78, 5) is 12.6. The van der Waals surface area contributed by atoms with Crippen LogP contribution >= 0.6 is 0 Å². The molecule has 0 atom stereocenters. The Hall–Kier alpha value is -1.42. The highest BCUT2D eigenvalue weighted by atomic mass is 16.6. The Morgan fingerprint density at radius 1 is 1.47 bits per heavy atom. The SMILES string of the molecule is Cc1cc([N+](=O)[O-])cc2c1CCN(C)C2. The van der Waals surface area contributed by atoms with E-state index in [1.54, 1.807) is 12.1 Å². The Balaban J connectivity index is 2.48. The molecule has 0 saturated carbocycles. The first-order valence-corrected chi connectivity index (χ1v) is 5.03. The molecule has 0 amide bonds. The molecule has 0 radical (unpaired) electrons. The Morgan fingerprint density at radius 3 is 2.87 bits per heavy atom. The molecule has 1 aliphatic heterocycles. The van der Waals surface area contributed by atoms with Crippen molar-refractivity contribution < 1.29 is 4.92 Å². The number of nitro benzene ring substituents is 1. The second-order valence-electron chi connectivity index (χ2n) is 4.15. The smallest absolute Gasteiger partial charge is 0.270 e. The Morgan fingerprint density at radius 2 is 2.20 bits per heavy atom. The highest BCUT2D eigenvalue weighted by Crippen LogP contribution is 2.26. The van der Waals surface area contributed by atoms with Crippen molar-refractivity contribution in [3.63, 3.8) is 0 Å². The molecule has 1 aliphatic rings. The van der Waals surface area contributed by atoms with Crippen molar-refractivity contribution in [2.24, 2.45) is 0 Å². The average Bonchev–Trinajstić information content (AvgIpc) is 2.16. The van der Waals surface area contributed by atoms with Crippen molar-refractivity contribution in [3.8, 4) is 0 Å². The number of benzene rings is 1. The minimum atomic E-state index is -0.318. The van der Waals surface area contributed by atoms with E-state index in [4.69, 9.17) is 0 Å². The lowest BCUT2D eigenvalue weighted by molar-refractivity contribution is -0.385. The molecular formula is C11H14N2O2. The fourth-order valence-corrected chi connectivity index (χ4v) is 2.15. The molecule has 0 saturated heterocycles. The van der Waals surface area contributed by atoms with E-state index in [0.29, 0.717) is 0 Å². The zero-order chi connectivity index (χ0) is 11.0. The van der Waals surface area contributed by atoms with Gasteiger partial charge in [-0.2, -0.15) is 0 Å². The van der Waals surface area contributed by atoms with E-state index in [-0.39, 0.29) is 10.6 Å². The van der Waals surface area contributed by atoms with Crippen LogP contribution in [0.25, 0.3) is 0 Å². The van der Waals surface area contributed by atoms with Gasteiger partial charge in [0.05, 0.1) is 4.92 Å². The zero-order valence-corrected chi connectivity index (χ0v) is 8.99. The third-order valence-corrected chi connectivity index (χ3v) is 2.94. The van der Waals surface area contributed by atoms with Crippen LogP contribution in [0.3, 0.4) is 0 Å². The van der Waals surface area contributed by atoms with Gasteiger partial charge >= 0.3 is 0 Å². The van der Waals surface area contributed by atoms with Gasteiger partial charge in [-0.15, -0.1) is 0 Å². The maximum atomic E-state index is 10.7. The molecule has 2 rings (SSSR count). The number of non-ortho nitro benzene ring substituents is 1. The molecule has 80 valence electrons. The van der Waals surface area contributed by atoms with E-state index < -0.39 is 0 Å². The number of aryl methyl sites for hydroxylation is 1. The lowest BCUT2D eigenvalue weighted by Gasteiger charge is -2.25.